The molecule has 0 aliphatic carbocycles. The first kappa shape index (κ1) is 15.8. The van der Waals surface area contributed by atoms with Gasteiger partial charge >= 0.3 is 0 Å². The number of aromatic nitrogens is 2. The molecular formula is C15H20ClN3O2S. The summed E-state index contributed by atoms with van der Waals surface area (Å²) in [4.78, 5) is 0. The molecule has 1 aromatic carbocycles. The molecule has 0 saturated carbocycles. The maximum absolute atomic E-state index is 12.0. The number of nitrogens with zero attached hydrogens (tertiary/aromatic N) is 2. The highest BCUT2D eigenvalue weighted by atomic mass is 35.5. The molecule has 0 radical (unpaired) electrons. The summed E-state index contributed by atoms with van der Waals surface area (Å²) < 4.78 is 25.5. The Labute approximate surface area is 135 Å². The van der Waals surface area contributed by atoms with E-state index in [9.17, 15) is 8.42 Å². The zero-order valence-electron chi connectivity index (χ0n) is 12.9. The highest BCUT2D eigenvalue weighted by Gasteiger charge is 2.40. The van der Waals surface area contributed by atoms with Crippen LogP contribution in [-0.4, -0.2) is 41.3 Å². The number of H-pyrrole nitrogens is 1. The monoisotopic (exact) mass is 341 g/mol. The summed E-state index contributed by atoms with van der Waals surface area (Å²) in [7, 11) is -3.19. The number of hydrogen-bond donors (Lipinski definition) is 1. The number of halogens is 1. The third-order valence-corrected chi connectivity index (χ3v) is 6.19. The van der Waals surface area contributed by atoms with E-state index in [0.717, 1.165) is 29.3 Å². The molecule has 1 saturated heterocycles. The minimum Gasteiger partial charge on any atom is -0.278 e. The summed E-state index contributed by atoms with van der Waals surface area (Å²) >= 11 is 6.22. The van der Waals surface area contributed by atoms with Crippen molar-refractivity contribution in [3.05, 3.63) is 28.9 Å². The van der Waals surface area contributed by atoms with Crippen molar-refractivity contribution in [1.29, 1.82) is 0 Å². The van der Waals surface area contributed by atoms with Gasteiger partial charge < -0.3 is 0 Å². The van der Waals surface area contributed by atoms with Gasteiger partial charge in [0.05, 0.1) is 18.0 Å². The van der Waals surface area contributed by atoms with E-state index in [1.165, 1.54) is 6.26 Å². The minimum absolute atomic E-state index is 0.270. The van der Waals surface area contributed by atoms with Crippen molar-refractivity contribution in [2.45, 2.75) is 38.1 Å². The van der Waals surface area contributed by atoms with Crippen molar-refractivity contribution in [2.75, 3.05) is 12.8 Å². The number of fused-ring (bicyclic) bond motifs is 1. The van der Waals surface area contributed by atoms with Crippen LogP contribution >= 0.6 is 11.6 Å². The summed E-state index contributed by atoms with van der Waals surface area (Å²) in [5, 5.41) is 8.80. The smallest absolute Gasteiger partial charge is 0.211 e. The maximum atomic E-state index is 12.0. The average Bonchev–Trinajstić information content (AvgIpc) is 2.82. The van der Waals surface area contributed by atoms with Crippen molar-refractivity contribution in [1.82, 2.24) is 14.5 Å². The Bertz CT molecular complexity index is 813. The highest BCUT2D eigenvalue weighted by molar-refractivity contribution is 7.88. The van der Waals surface area contributed by atoms with Crippen molar-refractivity contribution in [3.8, 4) is 0 Å². The fraction of sp³-hybridized carbons (Fsp3) is 0.533. The predicted octanol–water partition coefficient (Wildman–Crippen LogP) is 3.13. The lowest BCUT2D eigenvalue weighted by Gasteiger charge is -2.44. The molecule has 1 unspecified atom stereocenters. The topological polar surface area (TPSA) is 66.1 Å². The first-order chi connectivity index (χ1) is 10.2. The number of rotatable bonds is 2. The zero-order chi connectivity index (χ0) is 16.1. The minimum atomic E-state index is -3.19. The Balaban J connectivity index is 1.99. The van der Waals surface area contributed by atoms with Gasteiger partial charge in [-0.3, -0.25) is 5.10 Å². The molecule has 1 N–H and O–H groups in total. The second-order valence-corrected chi connectivity index (χ2v) is 9.01. The zero-order valence-corrected chi connectivity index (χ0v) is 14.5. The Morgan fingerprint density at radius 3 is 2.77 bits per heavy atom. The molecule has 1 aliphatic heterocycles. The van der Waals surface area contributed by atoms with Crippen molar-refractivity contribution < 1.29 is 8.42 Å². The maximum Gasteiger partial charge on any atom is 0.211 e. The molecule has 5 nitrogen and oxygen atoms in total. The van der Waals surface area contributed by atoms with Crippen LogP contribution in [0.5, 0.6) is 0 Å². The molecule has 0 spiro atoms. The van der Waals surface area contributed by atoms with Gasteiger partial charge in [0.2, 0.25) is 10.0 Å². The molecule has 2 aromatic rings. The Hall–Kier alpha value is -1.11. The lowest BCUT2D eigenvalue weighted by molar-refractivity contribution is 0.154. The lowest BCUT2D eigenvalue weighted by Crippen LogP contribution is -2.51. The molecule has 2 heterocycles. The van der Waals surface area contributed by atoms with Gasteiger partial charge in [-0.15, -0.1) is 0 Å². The molecule has 1 aromatic heterocycles. The molecular weight excluding hydrogens is 322 g/mol. The van der Waals surface area contributed by atoms with Gasteiger partial charge in [-0.1, -0.05) is 11.6 Å². The van der Waals surface area contributed by atoms with Crippen LogP contribution in [0.25, 0.3) is 10.9 Å². The van der Waals surface area contributed by atoms with Gasteiger partial charge in [0.25, 0.3) is 0 Å². The van der Waals surface area contributed by atoms with Crippen LogP contribution in [0.3, 0.4) is 0 Å². The van der Waals surface area contributed by atoms with Crippen LogP contribution < -0.4 is 0 Å². The SMILES string of the molecule is CC1(C)CC(c2cc(Cl)cc3[nH]ncc23)CCN1S(C)(=O)=O. The summed E-state index contributed by atoms with van der Waals surface area (Å²) in [6.45, 7) is 4.50. The van der Waals surface area contributed by atoms with Gasteiger partial charge in [-0.05, 0) is 50.3 Å². The highest BCUT2D eigenvalue weighted by Crippen LogP contribution is 2.41. The van der Waals surface area contributed by atoms with Gasteiger partial charge in [0, 0.05) is 22.5 Å². The molecule has 0 amide bonds. The number of hydrogen-bond acceptors (Lipinski definition) is 3. The van der Waals surface area contributed by atoms with Gasteiger partial charge in [0.15, 0.2) is 0 Å². The van der Waals surface area contributed by atoms with E-state index in [-0.39, 0.29) is 5.92 Å². The second-order valence-electron chi connectivity index (χ2n) is 6.66. The van der Waals surface area contributed by atoms with E-state index in [0.29, 0.717) is 11.6 Å². The van der Waals surface area contributed by atoms with E-state index < -0.39 is 15.6 Å². The van der Waals surface area contributed by atoms with Crippen LogP contribution in [0.15, 0.2) is 18.3 Å². The van der Waals surface area contributed by atoms with Crippen molar-refractivity contribution >= 4 is 32.5 Å². The van der Waals surface area contributed by atoms with Crippen molar-refractivity contribution in [3.63, 3.8) is 0 Å². The summed E-state index contributed by atoms with van der Waals surface area (Å²) in [6.07, 6.45) is 4.65. The van der Waals surface area contributed by atoms with E-state index in [2.05, 4.69) is 10.2 Å². The summed E-state index contributed by atoms with van der Waals surface area (Å²) in [5.41, 5.74) is 1.66. The van der Waals surface area contributed by atoms with E-state index in [4.69, 9.17) is 11.6 Å². The summed E-state index contributed by atoms with van der Waals surface area (Å²) in [5.74, 6) is 0.270. The third kappa shape index (κ3) is 2.75. The van der Waals surface area contributed by atoms with Gasteiger partial charge in [-0.25, -0.2) is 8.42 Å². The quantitative estimate of drug-likeness (QED) is 0.912. The first-order valence-corrected chi connectivity index (χ1v) is 9.51. The van der Waals surface area contributed by atoms with E-state index >= 15 is 0 Å². The van der Waals surface area contributed by atoms with Crippen LogP contribution in [0.4, 0.5) is 0 Å². The Morgan fingerprint density at radius 2 is 2.14 bits per heavy atom. The summed E-state index contributed by atoms with van der Waals surface area (Å²) in [6, 6.07) is 3.85. The number of nitrogens with one attached hydrogen (secondary N) is 1. The lowest BCUT2D eigenvalue weighted by atomic mass is 9.79. The van der Waals surface area contributed by atoms with Gasteiger partial charge in [-0.2, -0.15) is 9.40 Å². The second kappa shape index (κ2) is 5.22. The molecule has 3 rings (SSSR count). The van der Waals surface area contributed by atoms with Crippen LogP contribution in [0.1, 0.15) is 38.2 Å². The standard InChI is InChI=1S/C15H20ClN3O2S/c1-15(2)8-10(4-5-19(15)22(3,20)21)12-6-11(16)7-14-13(12)9-17-18-14/h6-7,9-10H,4-5,8H2,1-3H3,(H,17,18). The largest absolute Gasteiger partial charge is 0.278 e. The van der Waals surface area contributed by atoms with Crippen LogP contribution in [0, 0.1) is 0 Å². The molecule has 7 heteroatoms. The Kier molecular flexibility index (Phi) is 3.74. The average molecular weight is 342 g/mol. The van der Waals surface area contributed by atoms with E-state index in [1.807, 2.05) is 32.2 Å². The first-order valence-electron chi connectivity index (χ1n) is 7.29. The number of sulfonamides is 1. The molecule has 0 bridgehead atoms. The fourth-order valence-electron chi connectivity index (χ4n) is 3.64. The molecule has 1 atom stereocenters. The predicted molar refractivity (Wildman–Crippen MR) is 88.7 cm³/mol. The fourth-order valence-corrected chi connectivity index (χ4v) is 5.28. The van der Waals surface area contributed by atoms with Gasteiger partial charge in [0.1, 0.15) is 0 Å². The third-order valence-electron chi connectivity index (χ3n) is 4.50. The molecule has 120 valence electrons. The molecule has 1 fully saturated rings. The normalized spacial score (nSPS) is 23.0. The number of piperidine rings is 1. The number of aromatic amines is 1. The van der Waals surface area contributed by atoms with Crippen LogP contribution in [-0.2, 0) is 10.0 Å². The Morgan fingerprint density at radius 1 is 1.41 bits per heavy atom. The van der Waals surface area contributed by atoms with Crippen LogP contribution in [0.2, 0.25) is 5.02 Å². The number of benzene rings is 1. The van der Waals surface area contributed by atoms with Crippen molar-refractivity contribution in [2.24, 2.45) is 0 Å². The molecule has 1 aliphatic rings. The van der Waals surface area contributed by atoms with E-state index in [1.54, 1.807) is 4.31 Å². The molecule has 22 heavy (non-hydrogen) atoms.